The summed E-state index contributed by atoms with van der Waals surface area (Å²) >= 11 is 1.46. The summed E-state index contributed by atoms with van der Waals surface area (Å²) in [5.74, 6) is 1.51. The van der Waals surface area contributed by atoms with E-state index < -0.39 is 0 Å². The van der Waals surface area contributed by atoms with E-state index in [1.807, 2.05) is 6.07 Å². The van der Waals surface area contributed by atoms with E-state index in [9.17, 15) is 4.39 Å². The zero-order chi connectivity index (χ0) is 17.6. The molecule has 1 fully saturated rings. The monoisotopic (exact) mass is 362 g/mol. The van der Waals surface area contributed by atoms with Crippen molar-refractivity contribution < 1.29 is 4.39 Å². The molecule has 8 heteroatoms. The van der Waals surface area contributed by atoms with Crippen molar-refractivity contribution in [2.75, 3.05) is 38.1 Å². The lowest BCUT2D eigenvalue weighted by atomic mass is 10.2. The molecule has 1 aromatic heterocycles. The minimum Gasteiger partial charge on any atom is -0.352 e. The lowest BCUT2D eigenvalue weighted by molar-refractivity contribution is 0.372. The highest BCUT2D eigenvalue weighted by atomic mass is 32.1. The van der Waals surface area contributed by atoms with Crippen molar-refractivity contribution in [3.8, 4) is 0 Å². The second kappa shape index (κ2) is 8.24. The standard InChI is InChI=1S/C17H23FN6S/c1-3-15-21-17(25-22-15)24-10-8-23(9-11-24)16(19-2)20-12-13-6-4-5-7-14(13)18/h4-7H,3,8-12H2,1-2H3,(H,19,20). The molecule has 0 bridgehead atoms. The number of rotatable bonds is 4. The molecule has 0 aliphatic carbocycles. The largest absolute Gasteiger partial charge is 0.352 e. The molecule has 0 amide bonds. The Morgan fingerprint density at radius 3 is 2.68 bits per heavy atom. The van der Waals surface area contributed by atoms with Crippen molar-refractivity contribution in [2.24, 2.45) is 4.99 Å². The third kappa shape index (κ3) is 4.25. The minimum atomic E-state index is -0.196. The van der Waals surface area contributed by atoms with E-state index in [4.69, 9.17) is 0 Å². The first-order chi connectivity index (χ1) is 12.2. The molecule has 6 nitrogen and oxygen atoms in total. The highest BCUT2D eigenvalue weighted by molar-refractivity contribution is 7.09. The van der Waals surface area contributed by atoms with Gasteiger partial charge in [-0.3, -0.25) is 4.99 Å². The Kier molecular flexibility index (Phi) is 5.80. The molecule has 2 aromatic rings. The summed E-state index contributed by atoms with van der Waals surface area (Å²) in [4.78, 5) is 13.3. The van der Waals surface area contributed by atoms with Gasteiger partial charge >= 0.3 is 0 Å². The lowest BCUT2D eigenvalue weighted by Gasteiger charge is -2.36. The van der Waals surface area contributed by atoms with Gasteiger partial charge in [0.1, 0.15) is 11.6 Å². The van der Waals surface area contributed by atoms with Crippen molar-refractivity contribution in [3.05, 3.63) is 41.5 Å². The van der Waals surface area contributed by atoms with Gasteiger partial charge in [0.2, 0.25) is 5.13 Å². The van der Waals surface area contributed by atoms with Crippen LogP contribution in [-0.2, 0) is 13.0 Å². The molecule has 1 aromatic carbocycles. The Bertz CT molecular complexity index is 723. The summed E-state index contributed by atoms with van der Waals surface area (Å²) in [6, 6.07) is 6.80. The van der Waals surface area contributed by atoms with Crippen molar-refractivity contribution in [1.29, 1.82) is 0 Å². The molecule has 0 spiro atoms. The number of halogens is 1. The predicted molar refractivity (Wildman–Crippen MR) is 99.7 cm³/mol. The number of aromatic nitrogens is 2. The van der Waals surface area contributed by atoms with Crippen LogP contribution in [0.25, 0.3) is 0 Å². The number of nitrogens with one attached hydrogen (secondary N) is 1. The number of benzene rings is 1. The van der Waals surface area contributed by atoms with Crippen LogP contribution in [0.15, 0.2) is 29.3 Å². The van der Waals surface area contributed by atoms with Gasteiger partial charge < -0.3 is 15.1 Å². The third-order valence-electron chi connectivity index (χ3n) is 4.23. The maximum Gasteiger partial charge on any atom is 0.205 e. The molecular formula is C17H23FN6S. The number of anilines is 1. The number of guanidine groups is 1. The number of aliphatic imine (C=N–C) groups is 1. The summed E-state index contributed by atoms with van der Waals surface area (Å²) in [6.45, 7) is 5.93. The van der Waals surface area contributed by atoms with Crippen LogP contribution in [0.5, 0.6) is 0 Å². The molecule has 3 rings (SSSR count). The molecule has 1 N–H and O–H groups in total. The summed E-state index contributed by atoms with van der Waals surface area (Å²) in [7, 11) is 1.76. The average Bonchev–Trinajstić information content (AvgIpc) is 3.13. The third-order valence-corrected chi connectivity index (χ3v) is 5.04. The zero-order valence-corrected chi connectivity index (χ0v) is 15.4. The maximum atomic E-state index is 13.7. The first-order valence-corrected chi connectivity index (χ1v) is 9.25. The van der Waals surface area contributed by atoms with Crippen LogP contribution in [0.3, 0.4) is 0 Å². The topological polar surface area (TPSA) is 56.7 Å². The number of aryl methyl sites for hydroxylation is 1. The molecule has 0 saturated carbocycles. The van der Waals surface area contributed by atoms with Gasteiger partial charge in [0.25, 0.3) is 0 Å². The van der Waals surface area contributed by atoms with E-state index in [-0.39, 0.29) is 5.82 Å². The molecule has 0 unspecified atom stereocenters. The van der Waals surface area contributed by atoms with Gasteiger partial charge in [-0.05, 0) is 6.07 Å². The van der Waals surface area contributed by atoms with Crippen LogP contribution in [0.4, 0.5) is 9.52 Å². The maximum absolute atomic E-state index is 13.7. The Morgan fingerprint density at radius 1 is 1.28 bits per heavy atom. The fourth-order valence-corrected chi connectivity index (χ4v) is 3.58. The predicted octanol–water partition coefficient (Wildman–Crippen LogP) is 2.14. The average molecular weight is 362 g/mol. The number of nitrogens with zero attached hydrogens (tertiary/aromatic N) is 5. The second-order valence-corrected chi connectivity index (χ2v) is 6.54. The molecule has 1 aliphatic heterocycles. The normalized spacial score (nSPS) is 15.6. The first kappa shape index (κ1) is 17.6. The van der Waals surface area contributed by atoms with Crippen LogP contribution < -0.4 is 10.2 Å². The van der Waals surface area contributed by atoms with Gasteiger partial charge in [0.05, 0.1) is 0 Å². The van der Waals surface area contributed by atoms with Crippen LogP contribution in [0, 0.1) is 5.82 Å². The first-order valence-electron chi connectivity index (χ1n) is 8.47. The van der Waals surface area contributed by atoms with Crippen molar-refractivity contribution in [3.63, 3.8) is 0 Å². The molecule has 1 aliphatic rings. The highest BCUT2D eigenvalue weighted by Crippen LogP contribution is 2.19. The fourth-order valence-electron chi connectivity index (χ4n) is 2.77. The van der Waals surface area contributed by atoms with Crippen LogP contribution in [0.2, 0.25) is 0 Å². The van der Waals surface area contributed by atoms with Crippen LogP contribution in [0.1, 0.15) is 18.3 Å². The number of piperazine rings is 1. The SMILES string of the molecule is CCc1nsc(N2CCN(C(=NC)NCc3ccccc3F)CC2)n1. The van der Waals surface area contributed by atoms with Crippen molar-refractivity contribution in [2.45, 2.75) is 19.9 Å². The Hall–Kier alpha value is -2.22. The summed E-state index contributed by atoms with van der Waals surface area (Å²) in [5.41, 5.74) is 0.642. The summed E-state index contributed by atoms with van der Waals surface area (Å²) in [6.07, 6.45) is 0.864. The molecule has 0 radical (unpaired) electrons. The quantitative estimate of drug-likeness (QED) is 0.667. The van der Waals surface area contributed by atoms with Crippen molar-refractivity contribution in [1.82, 2.24) is 19.6 Å². The minimum absolute atomic E-state index is 0.196. The van der Waals surface area contributed by atoms with E-state index >= 15 is 0 Å². The van der Waals surface area contributed by atoms with Gasteiger partial charge in [-0.1, -0.05) is 25.1 Å². The fraction of sp³-hybridized carbons (Fsp3) is 0.471. The van der Waals surface area contributed by atoms with E-state index in [0.717, 1.165) is 49.5 Å². The summed E-state index contributed by atoms with van der Waals surface area (Å²) in [5, 5.41) is 4.25. The van der Waals surface area contributed by atoms with E-state index in [1.54, 1.807) is 19.2 Å². The Labute approximate surface area is 151 Å². The molecule has 0 atom stereocenters. The van der Waals surface area contributed by atoms with Crippen LogP contribution in [-0.4, -0.2) is 53.4 Å². The molecule has 2 heterocycles. The van der Waals surface area contributed by atoms with Gasteiger partial charge in [-0.2, -0.15) is 4.37 Å². The van der Waals surface area contributed by atoms with Gasteiger partial charge in [-0.25, -0.2) is 9.37 Å². The van der Waals surface area contributed by atoms with Gasteiger partial charge in [0.15, 0.2) is 5.96 Å². The smallest absolute Gasteiger partial charge is 0.205 e. The Morgan fingerprint density at radius 2 is 2.04 bits per heavy atom. The van der Waals surface area contributed by atoms with E-state index in [2.05, 4.69) is 36.4 Å². The van der Waals surface area contributed by atoms with Gasteiger partial charge in [-0.15, -0.1) is 0 Å². The van der Waals surface area contributed by atoms with Gasteiger partial charge in [0, 0.05) is 63.3 Å². The van der Waals surface area contributed by atoms with E-state index in [1.165, 1.54) is 17.6 Å². The molecule has 25 heavy (non-hydrogen) atoms. The second-order valence-electron chi connectivity index (χ2n) is 5.81. The van der Waals surface area contributed by atoms with Crippen molar-refractivity contribution >= 4 is 22.6 Å². The number of hydrogen-bond donors (Lipinski definition) is 1. The van der Waals surface area contributed by atoms with Crippen LogP contribution >= 0.6 is 11.5 Å². The highest BCUT2D eigenvalue weighted by Gasteiger charge is 2.22. The summed E-state index contributed by atoms with van der Waals surface area (Å²) < 4.78 is 18.1. The number of hydrogen-bond acceptors (Lipinski definition) is 5. The van der Waals surface area contributed by atoms with E-state index in [0.29, 0.717) is 12.1 Å². The zero-order valence-electron chi connectivity index (χ0n) is 14.6. The Balaban J connectivity index is 1.54. The molecule has 1 saturated heterocycles. The molecule has 134 valence electrons. The lowest BCUT2D eigenvalue weighted by Crippen LogP contribution is -2.52. The molecular weight excluding hydrogens is 339 g/mol.